The molecule has 1 aromatic heterocycles. The third-order valence-corrected chi connectivity index (χ3v) is 5.02. The molecule has 1 unspecified atom stereocenters. The van der Waals surface area contributed by atoms with Gasteiger partial charge < -0.3 is 5.11 Å². The number of aryl methyl sites for hydroxylation is 1. The minimum atomic E-state index is -3.74. The number of rotatable bonds is 5. The van der Waals surface area contributed by atoms with Crippen LogP contribution in [-0.4, -0.2) is 22.5 Å². The lowest BCUT2D eigenvalue weighted by Crippen LogP contribution is -2.21. The van der Waals surface area contributed by atoms with Gasteiger partial charge in [0, 0.05) is 12.4 Å². The van der Waals surface area contributed by atoms with E-state index in [-0.39, 0.29) is 5.82 Å². The largest absolute Gasteiger partial charge is 0.388 e. The molecule has 0 saturated carbocycles. The van der Waals surface area contributed by atoms with E-state index in [2.05, 4.69) is 11.6 Å². The Bertz CT molecular complexity index is 702. The monoisotopic (exact) mass is 292 g/mol. The summed E-state index contributed by atoms with van der Waals surface area (Å²) in [5.74, 6) is 0.0870. The van der Waals surface area contributed by atoms with Gasteiger partial charge in [-0.2, -0.15) is 0 Å². The van der Waals surface area contributed by atoms with E-state index in [1.807, 2.05) is 19.1 Å². The zero-order chi connectivity index (χ0) is 14.8. The van der Waals surface area contributed by atoms with Crippen molar-refractivity contribution in [1.82, 2.24) is 8.96 Å². The van der Waals surface area contributed by atoms with E-state index >= 15 is 0 Å². The third-order valence-electron chi connectivity index (χ3n) is 3.04. The summed E-state index contributed by atoms with van der Waals surface area (Å²) in [6, 6.07) is 7.22. The van der Waals surface area contributed by atoms with Crippen molar-refractivity contribution >= 4 is 10.0 Å². The van der Waals surface area contributed by atoms with Crippen LogP contribution in [0, 0.1) is 6.92 Å². The highest BCUT2D eigenvalue weighted by Gasteiger charge is 2.27. The van der Waals surface area contributed by atoms with Crippen LogP contribution in [0.5, 0.6) is 0 Å². The second kappa shape index (κ2) is 5.60. The van der Waals surface area contributed by atoms with Crippen LogP contribution in [0.25, 0.3) is 0 Å². The van der Waals surface area contributed by atoms with Crippen molar-refractivity contribution in [2.24, 2.45) is 0 Å². The van der Waals surface area contributed by atoms with Crippen molar-refractivity contribution in [1.29, 1.82) is 0 Å². The number of benzene rings is 1. The Morgan fingerprint density at radius 2 is 2.05 bits per heavy atom. The molecule has 0 amide bonds. The van der Waals surface area contributed by atoms with E-state index in [1.54, 1.807) is 12.1 Å². The normalized spacial score (nSPS) is 13.1. The van der Waals surface area contributed by atoms with Crippen molar-refractivity contribution in [3.05, 3.63) is 66.3 Å². The van der Waals surface area contributed by atoms with Gasteiger partial charge in [0.1, 0.15) is 17.7 Å². The van der Waals surface area contributed by atoms with Crippen LogP contribution in [0.2, 0.25) is 0 Å². The first-order chi connectivity index (χ1) is 9.50. The van der Waals surface area contributed by atoms with E-state index in [1.165, 1.54) is 18.5 Å². The minimum Gasteiger partial charge on any atom is -0.388 e. The van der Waals surface area contributed by atoms with Gasteiger partial charge in [-0.1, -0.05) is 35.9 Å². The first-order valence-electron chi connectivity index (χ1n) is 6.07. The fraction of sp³-hybridized carbons (Fsp3) is 0.214. The van der Waals surface area contributed by atoms with Crippen molar-refractivity contribution in [3.8, 4) is 0 Å². The summed E-state index contributed by atoms with van der Waals surface area (Å²) in [5, 5.41) is 8.27. The number of aliphatic hydroxyl groups excluding tert-OH is 1. The number of hydrogen-bond donors (Lipinski definition) is 1. The molecule has 0 aliphatic rings. The highest BCUT2D eigenvalue weighted by molar-refractivity contribution is 7.90. The van der Waals surface area contributed by atoms with Crippen LogP contribution in [-0.2, 0) is 16.6 Å². The molecule has 1 atom stereocenters. The van der Waals surface area contributed by atoms with E-state index in [0.717, 1.165) is 9.54 Å². The summed E-state index contributed by atoms with van der Waals surface area (Å²) >= 11 is 0. The molecule has 1 aromatic carbocycles. The summed E-state index contributed by atoms with van der Waals surface area (Å²) in [4.78, 5) is 3.82. The molecule has 0 aliphatic heterocycles. The maximum Gasteiger partial charge on any atom is 0.250 e. The lowest BCUT2D eigenvalue weighted by atomic mass is 10.1. The van der Waals surface area contributed by atoms with E-state index in [9.17, 15) is 8.42 Å². The van der Waals surface area contributed by atoms with Crippen molar-refractivity contribution in [2.75, 3.05) is 0 Å². The molecule has 0 spiro atoms. The van der Waals surface area contributed by atoms with Crippen molar-refractivity contribution in [3.63, 3.8) is 0 Å². The van der Waals surface area contributed by atoms with Gasteiger partial charge in [-0.15, -0.1) is 6.58 Å². The Balaban J connectivity index is 2.50. The van der Waals surface area contributed by atoms with Gasteiger partial charge in [-0.25, -0.2) is 17.4 Å². The molecular weight excluding hydrogens is 276 g/mol. The average molecular weight is 292 g/mol. The molecular formula is C14H16N2O3S. The molecule has 2 rings (SSSR count). The quantitative estimate of drug-likeness (QED) is 0.853. The Labute approximate surface area is 118 Å². The summed E-state index contributed by atoms with van der Waals surface area (Å²) in [7, 11) is -3.74. The van der Waals surface area contributed by atoms with E-state index in [0.29, 0.717) is 5.56 Å². The lowest BCUT2D eigenvalue weighted by Gasteiger charge is -2.16. The fourth-order valence-corrected chi connectivity index (χ4v) is 3.58. The number of imidazole rings is 1. The second-order valence-corrected chi connectivity index (χ2v) is 6.34. The van der Waals surface area contributed by atoms with E-state index < -0.39 is 21.9 Å². The fourth-order valence-electron chi connectivity index (χ4n) is 1.97. The Morgan fingerprint density at radius 1 is 1.40 bits per heavy atom. The number of aromatic nitrogens is 2. The highest BCUT2D eigenvalue weighted by Crippen LogP contribution is 2.26. The van der Waals surface area contributed by atoms with Gasteiger partial charge in [-0.05, 0) is 12.5 Å². The van der Waals surface area contributed by atoms with E-state index in [4.69, 9.17) is 5.11 Å². The Hall–Kier alpha value is -1.92. The Kier molecular flexibility index (Phi) is 4.06. The van der Waals surface area contributed by atoms with Gasteiger partial charge in [0.2, 0.25) is 0 Å². The van der Waals surface area contributed by atoms with Crippen molar-refractivity contribution < 1.29 is 13.5 Å². The van der Waals surface area contributed by atoms with Crippen LogP contribution < -0.4 is 0 Å². The lowest BCUT2D eigenvalue weighted by molar-refractivity contribution is 0.270. The SMILES string of the molecule is C=CC(c1ccc(C)cc1)S(=O)(=O)n1ccnc1CO. The smallest absolute Gasteiger partial charge is 0.250 e. The predicted molar refractivity (Wildman–Crippen MR) is 76.6 cm³/mol. The predicted octanol–water partition coefficient (Wildman–Crippen LogP) is 1.79. The number of nitrogens with zero attached hydrogens (tertiary/aromatic N) is 2. The molecule has 1 N–H and O–H groups in total. The van der Waals surface area contributed by atoms with Gasteiger partial charge in [0.25, 0.3) is 10.0 Å². The summed E-state index contributed by atoms with van der Waals surface area (Å²) in [5.41, 5.74) is 1.68. The standard InChI is InChI=1S/C14H16N2O3S/c1-3-13(12-6-4-11(2)5-7-12)20(18,19)16-9-8-15-14(16)10-17/h3-9,13,17H,1,10H2,2H3. The summed E-state index contributed by atoms with van der Waals surface area (Å²) in [6.07, 6.45) is 4.05. The number of aliphatic hydroxyl groups is 1. The second-order valence-electron chi connectivity index (χ2n) is 4.41. The maximum absolute atomic E-state index is 12.6. The average Bonchev–Trinajstić information content (AvgIpc) is 2.90. The first kappa shape index (κ1) is 14.5. The number of hydrogen-bond acceptors (Lipinski definition) is 4. The molecule has 6 heteroatoms. The van der Waals surface area contributed by atoms with Gasteiger partial charge in [-0.3, -0.25) is 0 Å². The minimum absolute atomic E-state index is 0.0870. The zero-order valence-electron chi connectivity index (χ0n) is 11.1. The van der Waals surface area contributed by atoms with Gasteiger partial charge >= 0.3 is 0 Å². The highest BCUT2D eigenvalue weighted by atomic mass is 32.2. The van der Waals surface area contributed by atoms with Crippen LogP contribution in [0.3, 0.4) is 0 Å². The molecule has 20 heavy (non-hydrogen) atoms. The molecule has 0 radical (unpaired) electrons. The molecule has 0 fully saturated rings. The van der Waals surface area contributed by atoms with Crippen molar-refractivity contribution in [2.45, 2.75) is 18.8 Å². The molecule has 2 aromatic rings. The molecule has 5 nitrogen and oxygen atoms in total. The molecule has 106 valence electrons. The topological polar surface area (TPSA) is 72.2 Å². The first-order valence-corrected chi connectivity index (χ1v) is 7.57. The summed E-state index contributed by atoms with van der Waals surface area (Å²) < 4.78 is 26.3. The van der Waals surface area contributed by atoms with Crippen LogP contribution >= 0.6 is 0 Å². The Morgan fingerprint density at radius 3 is 2.60 bits per heavy atom. The molecule has 0 aliphatic carbocycles. The van der Waals surface area contributed by atoms with Crippen LogP contribution in [0.15, 0.2) is 49.3 Å². The van der Waals surface area contributed by atoms with Gasteiger partial charge in [0.15, 0.2) is 0 Å². The van der Waals surface area contributed by atoms with Crippen LogP contribution in [0.4, 0.5) is 0 Å². The molecule has 0 bridgehead atoms. The summed E-state index contributed by atoms with van der Waals surface area (Å²) in [6.45, 7) is 5.11. The molecule has 0 saturated heterocycles. The van der Waals surface area contributed by atoms with Gasteiger partial charge in [0.05, 0.1) is 0 Å². The molecule has 1 heterocycles. The van der Waals surface area contributed by atoms with Crippen LogP contribution in [0.1, 0.15) is 22.2 Å². The zero-order valence-corrected chi connectivity index (χ0v) is 11.9. The maximum atomic E-state index is 12.6. The third kappa shape index (κ3) is 2.52.